The van der Waals surface area contributed by atoms with Gasteiger partial charge in [0.2, 0.25) is 0 Å². The molecule has 0 aliphatic carbocycles. The zero-order valence-corrected chi connectivity index (χ0v) is 16.8. The van der Waals surface area contributed by atoms with Gasteiger partial charge in [0.25, 0.3) is 0 Å². The van der Waals surface area contributed by atoms with Crippen molar-refractivity contribution < 1.29 is 9.53 Å². The number of hydrogen-bond donors (Lipinski definition) is 1. The minimum absolute atomic E-state index is 0.0652. The van der Waals surface area contributed by atoms with Gasteiger partial charge in [-0.2, -0.15) is 0 Å². The van der Waals surface area contributed by atoms with Crippen LogP contribution in [0.4, 0.5) is 0 Å². The lowest BCUT2D eigenvalue weighted by Gasteiger charge is -2.30. The van der Waals surface area contributed by atoms with Crippen molar-refractivity contribution in [3.8, 4) is 5.75 Å². The van der Waals surface area contributed by atoms with E-state index in [0.29, 0.717) is 13.2 Å². The molecule has 25 heavy (non-hydrogen) atoms. The molecule has 0 bridgehead atoms. The third-order valence-electron chi connectivity index (χ3n) is 5.43. The fourth-order valence-electron chi connectivity index (χ4n) is 2.61. The zero-order chi connectivity index (χ0) is 19.1. The Bertz CT molecular complexity index is 553. The predicted octanol–water partition coefficient (Wildman–Crippen LogP) is 4.46. The molecular formula is C21H35N2O2. The Morgan fingerprint density at radius 1 is 1.08 bits per heavy atom. The Hall–Kier alpha value is -1.55. The maximum absolute atomic E-state index is 10.4. The molecule has 0 heterocycles. The number of unbranched alkanes of at least 4 members (excludes halogenated alkanes) is 1. The van der Waals surface area contributed by atoms with E-state index in [4.69, 9.17) is 10.6 Å². The van der Waals surface area contributed by atoms with Gasteiger partial charge in [-0.05, 0) is 48.1 Å². The Kier molecular flexibility index (Phi) is 7.94. The first-order valence-electron chi connectivity index (χ1n) is 9.35. The highest BCUT2D eigenvalue weighted by atomic mass is 16.5. The Labute approximate surface area is 153 Å². The summed E-state index contributed by atoms with van der Waals surface area (Å²) in [7, 11) is 0. The Balaban J connectivity index is 2.89. The van der Waals surface area contributed by atoms with Crippen LogP contribution in [0.1, 0.15) is 78.4 Å². The predicted molar refractivity (Wildman–Crippen MR) is 104 cm³/mol. The van der Waals surface area contributed by atoms with Crippen LogP contribution in [-0.2, 0) is 15.6 Å². The molecule has 0 spiro atoms. The molecule has 0 atom stereocenters. The normalized spacial score (nSPS) is 12.1. The number of carbonyl (C=O) groups excluding carboxylic acids is 1. The van der Waals surface area contributed by atoms with Gasteiger partial charge in [0.15, 0.2) is 0 Å². The third kappa shape index (κ3) is 6.03. The molecule has 4 heteroatoms. The summed E-state index contributed by atoms with van der Waals surface area (Å²) in [6, 6.07) is 6.64. The molecule has 141 valence electrons. The number of hydrazine groups is 1. The number of amides is 1. The summed E-state index contributed by atoms with van der Waals surface area (Å²) in [5.74, 6) is 6.37. The van der Waals surface area contributed by atoms with Gasteiger partial charge in [-0.3, -0.25) is 9.80 Å². The largest absolute Gasteiger partial charge is 0.493 e. The first-order valence-corrected chi connectivity index (χ1v) is 9.35. The van der Waals surface area contributed by atoms with E-state index in [-0.39, 0.29) is 10.8 Å². The lowest BCUT2D eigenvalue weighted by Crippen LogP contribution is -2.30. The minimum atomic E-state index is 0.0652. The van der Waals surface area contributed by atoms with Gasteiger partial charge in [-0.15, -0.1) is 0 Å². The van der Waals surface area contributed by atoms with Crippen LogP contribution in [0.25, 0.3) is 0 Å². The van der Waals surface area contributed by atoms with Crippen LogP contribution in [0, 0.1) is 0 Å². The second-order valence-electron chi connectivity index (χ2n) is 8.03. The van der Waals surface area contributed by atoms with E-state index in [1.165, 1.54) is 11.1 Å². The lowest BCUT2D eigenvalue weighted by atomic mass is 9.76. The van der Waals surface area contributed by atoms with Crippen LogP contribution in [0.3, 0.4) is 0 Å². The maximum Gasteiger partial charge on any atom is 0.327 e. The number of rotatable bonds is 11. The second-order valence-corrected chi connectivity index (χ2v) is 8.03. The highest BCUT2D eigenvalue weighted by Gasteiger charge is 2.26. The monoisotopic (exact) mass is 347 g/mol. The standard InChI is InChI=1S/C21H35N2O2/c1-7-20(3,4)17-11-12-19(18(15-17)21(5,6)8-2)25-14-10-9-13-23(22)16-24/h11-12,15H,7-10,13-14,22H2,1-6H3. The van der Waals surface area contributed by atoms with E-state index in [1.54, 1.807) is 6.41 Å². The number of nitrogens with two attached hydrogens (primary N) is 1. The smallest absolute Gasteiger partial charge is 0.327 e. The van der Waals surface area contributed by atoms with Crippen molar-refractivity contribution in [2.45, 2.75) is 78.1 Å². The van der Waals surface area contributed by atoms with Gasteiger partial charge >= 0.3 is 6.41 Å². The average molecular weight is 348 g/mol. The third-order valence-corrected chi connectivity index (χ3v) is 5.43. The van der Waals surface area contributed by atoms with E-state index in [1.807, 2.05) is 0 Å². The van der Waals surface area contributed by atoms with Crippen molar-refractivity contribution >= 4 is 6.41 Å². The minimum Gasteiger partial charge on any atom is -0.493 e. The number of hydrogen-bond acceptors (Lipinski definition) is 3. The summed E-state index contributed by atoms with van der Waals surface area (Å²) < 4.78 is 6.08. The lowest BCUT2D eigenvalue weighted by molar-refractivity contribution is 0.285. The van der Waals surface area contributed by atoms with Gasteiger partial charge in [0, 0.05) is 12.1 Å². The SMILES string of the molecule is CCC(C)(C)c1ccc(OCCCCN(N)[C]=O)c(C(C)(C)CC)c1. The van der Waals surface area contributed by atoms with Crippen molar-refractivity contribution in [1.82, 2.24) is 5.01 Å². The molecule has 1 rings (SSSR count). The van der Waals surface area contributed by atoms with Crippen LogP contribution >= 0.6 is 0 Å². The average Bonchev–Trinajstić information content (AvgIpc) is 2.60. The molecule has 0 aliphatic rings. The summed E-state index contributed by atoms with van der Waals surface area (Å²) in [5, 5.41) is 1.05. The van der Waals surface area contributed by atoms with Crippen molar-refractivity contribution in [2.75, 3.05) is 13.2 Å². The van der Waals surface area contributed by atoms with Crippen molar-refractivity contribution in [1.29, 1.82) is 0 Å². The molecule has 0 unspecified atom stereocenters. The van der Waals surface area contributed by atoms with Crippen molar-refractivity contribution in [3.63, 3.8) is 0 Å². The van der Waals surface area contributed by atoms with Crippen molar-refractivity contribution in [2.24, 2.45) is 5.84 Å². The fraction of sp³-hybridized carbons (Fsp3) is 0.667. The molecule has 1 aromatic rings. The zero-order valence-electron chi connectivity index (χ0n) is 16.8. The van der Waals surface area contributed by atoms with E-state index < -0.39 is 0 Å². The molecule has 0 saturated carbocycles. The molecule has 1 radical (unpaired) electrons. The van der Waals surface area contributed by atoms with Crippen molar-refractivity contribution in [3.05, 3.63) is 29.3 Å². The maximum atomic E-state index is 10.4. The van der Waals surface area contributed by atoms with Gasteiger partial charge in [0.1, 0.15) is 5.75 Å². The molecule has 0 saturated heterocycles. The molecule has 0 aliphatic heterocycles. The summed E-state index contributed by atoms with van der Waals surface area (Å²) in [5.41, 5.74) is 2.86. The van der Waals surface area contributed by atoms with E-state index in [2.05, 4.69) is 59.7 Å². The number of benzene rings is 1. The summed E-state index contributed by atoms with van der Waals surface area (Å²) in [6.07, 6.45) is 5.46. The van der Waals surface area contributed by atoms with E-state index in [0.717, 1.165) is 36.4 Å². The van der Waals surface area contributed by atoms with Gasteiger partial charge in [0.05, 0.1) is 6.61 Å². The summed E-state index contributed by atoms with van der Waals surface area (Å²) in [4.78, 5) is 10.4. The molecule has 4 nitrogen and oxygen atoms in total. The van der Waals surface area contributed by atoms with Crippen LogP contribution in [0.5, 0.6) is 5.75 Å². The highest BCUT2D eigenvalue weighted by molar-refractivity contribution is 5.46. The quantitative estimate of drug-likeness (QED) is 0.211. The molecule has 1 aromatic carbocycles. The molecule has 0 aromatic heterocycles. The van der Waals surface area contributed by atoms with Gasteiger partial charge in [-0.1, -0.05) is 53.7 Å². The van der Waals surface area contributed by atoms with Gasteiger partial charge < -0.3 is 4.74 Å². The topological polar surface area (TPSA) is 55.6 Å². The van der Waals surface area contributed by atoms with Crippen LogP contribution in [0.15, 0.2) is 18.2 Å². The van der Waals surface area contributed by atoms with Gasteiger partial charge in [-0.25, -0.2) is 5.84 Å². The number of ether oxygens (including phenoxy) is 1. The molecule has 2 N–H and O–H groups in total. The molecular weight excluding hydrogens is 312 g/mol. The first kappa shape index (κ1) is 21.5. The fourth-order valence-corrected chi connectivity index (χ4v) is 2.61. The Morgan fingerprint density at radius 3 is 2.28 bits per heavy atom. The summed E-state index contributed by atoms with van der Waals surface area (Å²) in [6.45, 7) is 14.7. The molecule has 0 fully saturated rings. The highest BCUT2D eigenvalue weighted by Crippen LogP contribution is 2.38. The first-order chi connectivity index (χ1) is 11.7. The van der Waals surface area contributed by atoms with Crippen LogP contribution in [-0.4, -0.2) is 24.6 Å². The van der Waals surface area contributed by atoms with E-state index >= 15 is 0 Å². The number of nitrogens with zero attached hydrogens (tertiary/aromatic N) is 1. The molecule has 1 amide bonds. The van der Waals surface area contributed by atoms with E-state index in [9.17, 15) is 4.79 Å². The van der Waals surface area contributed by atoms with Crippen LogP contribution in [0.2, 0.25) is 0 Å². The summed E-state index contributed by atoms with van der Waals surface area (Å²) >= 11 is 0. The Morgan fingerprint density at radius 2 is 1.72 bits per heavy atom. The second kappa shape index (κ2) is 9.23. The van der Waals surface area contributed by atoms with Crippen LogP contribution < -0.4 is 10.6 Å².